The molecular formula is C12H12BrClN2. The van der Waals surface area contributed by atoms with E-state index in [0.29, 0.717) is 0 Å². The minimum Gasteiger partial charge on any atom is -0.238 e. The van der Waals surface area contributed by atoms with Crippen molar-refractivity contribution in [3.8, 4) is 5.69 Å². The Morgan fingerprint density at radius 1 is 1.31 bits per heavy atom. The normalized spacial score (nSPS) is 10.7. The second kappa shape index (κ2) is 5.02. The maximum atomic E-state index is 5.87. The van der Waals surface area contributed by atoms with E-state index in [2.05, 4.69) is 28.0 Å². The van der Waals surface area contributed by atoms with Crippen LogP contribution in [0.4, 0.5) is 0 Å². The number of benzene rings is 1. The van der Waals surface area contributed by atoms with Crippen molar-refractivity contribution in [1.82, 2.24) is 9.78 Å². The smallest absolute Gasteiger partial charge is 0.0649 e. The molecular weight excluding hydrogens is 288 g/mol. The summed E-state index contributed by atoms with van der Waals surface area (Å²) >= 11 is 9.34. The number of hydrogen-bond donors (Lipinski definition) is 0. The summed E-state index contributed by atoms with van der Waals surface area (Å²) in [6.07, 6.45) is 2.87. The monoisotopic (exact) mass is 298 g/mol. The van der Waals surface area contributed by atoms with E-state index in [4.69, 9.17) is 11.6 Å². The molecule has 2 rings (SSSR count). The van der Waals surface area contributed by atoms with Gasteiger partial charge in [0.2, 0.25) is 0 Å². The zero-order valence-corrected chi connectivity index (χ0v) is 11.3. The molecule has 16 heavy (non-hydrogen) atoms. The summed E-state index contributed by atoms with van der Waals surface area (Å²) in [5, 5.41) is 5.98. The number of halogens is 2. The molecule has 84 valence electrons. The summed E-state index contributed by atoms with van der Waals surface area (Å²) in [5.74, 6) is 0. The Balaban J connectivity index is 2.47. The first kappa shape index (κ1) is 11.7. The van der Waals surface area contributed by atoms with Gasteiger partial charge in [0.15, 0.2) is 0 Å². The molecule has 0 N–H and O–H groups in total. The van der Waals surface area contributed by atoms with Gasteiger partial charge in [-0.15, -0.1) is 0 Å². The summed E-state index contributed by atoms with van der Waals surface area (Å²) in [4.78, 5) is 0. The quantitative estimate of drug-likeness (QED) is 0.784. The standard InChI is InChI=1S/C12H12BrClN2/c1-2-12-9(7-13)8-15-16(12)11-5-3-10(14)4-6-11/h3-6,8H,2,7H2,1H3. The number of hydrogen-bond acceptors (Lipinski definition) is 1. The number of alkyl halides is 1. The Labute approximate surface area is 108 Å². The van der Waals surface area contributed by atoms with Gasteiger partial charge in [0.25, 0.3) is 0 Å². The van der Waals surface area contributed by atoms with Gasteiger partial charge in [-0.05, 0) is 30.7 Å². The minimum atomic E-state index is 0.745. The number of rotatable bonds is 3. The molecule has 0 aliphatic carbocycles. The minimum absolute atomic E-state index is 0.745. The molecule has 1 aromatic carbocycles. The van der Waals surface area contributed by atoms with Gasteiger partial charge >= 0.3 is 0 Å². The van der Waals surface area contributed by atoms with Crippen molar-refractivity contribution >= 4 is 27.5 Å². The molecule has 0 aliphatic rings. The molecule has 0 unspecified atom stereocenters. The Hall–Kier alpha value is -0.800. The summed E-state index contributed by atoms with van der Waals surface area (Å²) in [6.45, 7) is 2.13. The average Bonchev–Trinajstić information content (AvgIpc) is 2.72. The van der Waals surface area contributed by atoms with Gasteiger partial charge in [-0.25, -0.2) is 4.68 Å². The van der Waals surface area contributed by atoms with Crippen LogP contribution in [0.2, 0.25) is 5.02 Å². The van der Waals surface area contributed by atoms with E-state index < -0.39 is 0 Å². The molecule has 0 spiro atoms. The lowest BCUT2D eigenvalue weighted by atomic mass is 10.2. The Morgan fingerprint density at radius 3 is 2.56 bits per heavy atom. The van der Waals surface area contributed by atoms with E-state index in [0.717, 1.165) is 22.5 Å². The largest absolute Gasteiger partial charge is 0.238 e. The molecule has 1 heterocycles. The first-order valence-electron chi connectivity index (χ1n) is 5.14. The van der Waals surface area contributed by atoms with Gasteiger partial charge in [-0.2, -0.15) is 5.10 Å². The lowest BCUT2D eigenvalue weighted by Gasteiger charge is -2.07. The molecule has 2 nitrogen and oxygen atoms in total. The number of nitrogens with zero attached hydrogens (tertiary/aromatic N) is 2. The second-order valence-corrected chi connectivity index (χ2v) is 4.49. The van der Waals surface area contributed by atoms with Gasteiger partial charge in [0.1, 0.15) is 0 Å². The van der Waals surface area contributed by atoms with Crippen LogP contribution in [0.3, 0.4) is 0 Å². The van der Waals surface area contributed by atoms with Crippen LogP contribution in [0.15, 0.2) is 30.5 Å². The van der Waals surface area contributed by atoms with Crippen molar-refractivity contribution in [1.29, 1.82) is 0 Å². The molecule has 0 amide bonds. The van der Waals surface area contributed by atoms with E-state index in [-0.39, 0.29) is 0 Å². The van der Waals surface area contributed by atoms with E-state index >= 15 is 0 Å². The highest BCUT2D eigenvalue weighted by molar-refractivity contribution is 9.08. The van der Waals surface area contributed by atoms with Crippen molar-refractivity contribution in [2.75, 3.05) is 0 Å². The molecule has 2 aromatic rings. The zero-order valence-electron chi connectivity index (χ0n) is 8.95. The lowest BCUT2D eigenvalue weighted by Crippen LogP contribution is -2.01. The second-order valence-electron chi connectivity index (χ2n) is 3.49. The van der Waals surface area contributed by atoms with E-state index in [9.17, 15) is 0 Å². The maximum Gasteiger partial charge on any atom is 0.0649 e. The highest BCUT2D eigenvalue weighted by atomic mass is 79.9. The third-order valence-corrected chi connectivity index (χ3v) is 3.36. The van der Waals surface area contributed by atoms with Crippen LogP contribution in [-0.4, -0.2) is 9.78 Å². The highest BCUT2D eigenvalue weighted by Crippen LogP contribution is 2.19. The Kier molecular flexibility index (Phi) is 3.66. The van der Waals surface area contributed by atoms with Crippen molar-refractivity contribution in [3.05, 3.63) is 46.7 Å². The molecule has 0 saturated carbocycles. The van der Waals surface area contributed by atoms with Crippen LogP contribution in [0.1, 0.15) is 18.2 Å². The molecule has 1 aromatic heterocycles. The van der Waals surface area contributed by atoms with Gasteiger partial charge in [-0.3, -0.25) is 0 Å². The van der Waals surface area contributed by atoms with Crippen LogP contribution in [-0.2, 0) is 11.8 Å². The Morgan fingerprint density at radius 2 is 2.00 bits per heavy atom. The molecule has 0 fully saturated rings. The third-order valence-electron chi connectivity index (χ3n) is 2.51. The molecule has 0 saturated heterocycles. The van der Waals surface area contributed by atoms with E-state index in [1.54, 1.807) is 0 Å². The topological polar surface area (TPSA) is 17.8 Å². The van der Waals surface area contributed by atoms with Crippen LogP contribution in [0.25, 0.3) is 5.69 Å². The molecule has 0 radical (unpaired) electrons. The van der Waals surface area contributed by atoms with Gasteiger partial charge in [0, 0.05) is 21.6 Å². The third kappa shape index (κ3) is 2.15. The van der Waals surface area contributed by atoms with Crippen molar-refractivity contribution in [3.63, 3.8) is 0 Å². The fourth-order valence-corrected chi connectivity index (χ4v) is 2.30. The lowest BCUT2D eigenvalue weighted by molar-refractivity contribution is 0.811. The molecule has 0 bridgehead atoms. The van der Waals surface area contributed by atoms with Crippen molar-refractivity contribution < 1.29 is 0 Å². The molecule has 0 aliphatic heterocycles. The van der Waals surface area contributed by atoms with Gasteiger partial charge < -0.3 is 0 Å². The number of aromatic nitrogens is 2. The summed E-state index contributed by atoms with van der Waals surface area (Å²) < 4.78 is 1.97. The van der Waals surface area contributed by atoms with Crippen molar-refractivity contribution in [2.24, 2.45) is 0 Å². The highest BCUT2D eigenvalue weighted by Gasteiger charge is 2.09. The molecule has 4 heteroatoms. The first-order chi connectivity index (χ1) is 7.76. The van der Waals surface area contributed by atoms with E-state index in [1.807, 2.05) is 35.1 Å². The summed E-state index contributed by atoms with van der Waals surface area (Å²) in [7, 11) is 0. The van der Waals surface area contributed by atoms with Gasteiger partial charge in [-0.1, -0.05) is 34.5 Å². The fraction of sp³-hybridized carbons (Fsp3) is 0.250. The fourth-order valence-electron chi connectivity index (χ4n) is 1.70. The SMILES string of the molecule is CCc1c(CBr)cnn1-c1ccc(Cl)cc1. The van der Waals surface area contributed by atoms with Gasteiger partial charge in [0.05, 0.1) is 11.9 Å². The summed E-state index contributed by atoms with van der Waals surface area (Å²) in [5.41, 5.74) is 3.52. The molecule has 0 atom stereocenters. The first-order valence-corrected chi connectivity index (χ1v) is 6.64. The van der Waals surface area contributed by atoms with Crippen molar-refractivity contribution in [2.45, 2.75) is 18.7 Å². The average molecular weight is 300 g/mol. The Bertz CT molecular complexity index is 476. The van der Waals surface area contributed by atoms with Crippen LogP contribution in [0, 0.1) is 0 Å². The zero-order chi connectivity index (χ0) is 11.5. The van der Waals surface area contributed by atoms with Crippen LogP contribution < -0.4 is 0 Å². The maximum absolute atomic E-state index is 5.87. The summed E-state index contributed by atoms with van der Waals surface area (Å²) in [6, 6.07) is 7.72. The van der Waals surface area contributed by atoms with E-state index in [1.165, 1.54) is 11.3 Å². The predicted molar refractivity (Wildman–Crippen MR) is 70.6 cm³/mol. The van der Waals surface area contributed by atoms with Crippen LogP contribution in [0.5, 0.6) is 0 Å². The van der Waals surface area contributed by atoms with Crippen LogP contribution >= 0.6 is 27.5 Å². The predicted octanol–water partition coefficient (Wildman–Crippen LogP) is 3.98.